The molecule has 0 atom stereocenters. The van der Waals surface area contributed by atoms with Crippen LogP contribution in [0.3, 0.4) is 0 Å². The molecular formula is C12H14N4O2. The summed E-state index contributed by atoms with van der Waals surface area (Å²) in [5, 5.41) is 9.19. The van der Waals surface area contributed by atoms with E-state index < -0.39 is 0 Å². The van der Waals surface area contributed by atoms with Gasteiger partial charge in [-0.05, 0) is 25.5 Å². The quantitative estimate of drug-likeness (QED) is 0.868. The van der Waals surface area contributed by atoms with Gasteiger partial charge in [0.25, 0.3) is 0 Å². The van der Waals surface area contributed by atoms with E-state index in [1.807, 2.05) is 12.1 Å². The normalized spacial score (nSPS) is 10.1. The summed E-state index contributed by atoms with van der Waals surface area (Å²) in [6.45, 7) is 3.94. The van der Waals surface area contributed by atoms with E-state index in [4.69, 9.17) is 4.52 Å². The number of amides is 2. The van der Waals surface area contributed by atoms with Crippen LogP contribution in [0, 0.1) is 13.8 Å². The zero-order valence-corrected chi connectivity index (χ0v) is 10.2. The molecule has 2 amide bonds. The number of carbonyl (C=O) groups excluding carboxylic acids is 1. The van der Waals surface area contributed by atoms with Crippen LogP contribution in [0.2, 0.25) is 0 Å². The molecule has 0 fully saturated rings. The van der Waals surface area contributed by atoms with Crippen molar-refractivity contribution in [2.75, 3.05) is 5.32 Å². The monoisotopic (exact) mass is 246 g/mol. The number of urea groups is 1. The lowest BCUT2D eigenvalue weighted by atomic mass is 10.3. The Bertz CT molecular complexity index is 517. The molecule has 94 valence electrons. The standard InChI is InChI=1S/C12H14N4O2/c1-8-11(9(2)18-16-8)15-12(17)14-7-10-4-3-5-13-6-10/h3-6H,7H2,1-2H3,(H2,14,15,17). The Morgan fingerprint density at radius 1 is 1.44 bits per heavy atom. The molecule has 0 saturated carbocycles. The molecule has 18 heavy (non-hydrogen) atoms. The van der Waals surface area contributed by atoms with Crippen LogP contribution in [0.25, 0.3) is 0 Å². The third-order valence-electron chi connectivity index (χ3n) is 2.45. The van der Waals surface area contributed by atoms with E-state index in [1.165, 1.54) is 0 Å². The molecule has 6 nitrogen and oxygen atoms in total. The molecule has 0 aliphatic carbocycles. The molecule has 0 saturated heterocycles. The van der Waals surface area contributed by atoms with E-state index in [-0.39, 0.29) is 6.03 Å². The number of carbonyl (C=O) groups is 1. The summed E-state index contributed by atoms with van der Waals surface area (Å²) in [7, 11) is 0. The first-order valence-electron chi connectivity index (χ1n) is 5.53. The second-order valence-corrected chi connectivity index (χ2v) is 3.87. The van der Waals surface area contributed by atoms with Crippen molar-refractivity contribution in [2.45, 2.75) is 20.4 Å². The minimum absolute atomic E-state index is 0.298. The fourth-order valence-electron chi connectivity index (χ4n) is 1.50. The smallest absolute Gasteiger partial charge is 0.319 e. The van der Waals surface area contributed by atoms with Crippen molar-refractivity contribution in [2.24, 2.45) is 0 Å². The maximum absolute atomic E-state index is 11.7. The first-order valence-corrected chi connectivity index (χ1v) is 5.53. The van der Waals surface area contributed by atoms with Crippen LogP contribution in [0.4, 0.5) is 10.5 Å². The van der Waals surface area contributed by atoms with Crippen molar-refractivity contribution in [3.8, 4) is 0 Å². The highest BCUT2D eigenvalue weighted by Crippen LogP contribution is 2.18. The number of nitrogens with one attached hydrogen (secondary N) is 2. The predicted octanol–water partition coefficient (Wildman–Crippen LogP) is 2.01. The molecule has 6 heteroatoms. The highest BCUT2D eigenvalue weighted by molar-refractivity contribution is 5.90. The molecule has 0 bridgehead atoms. The van der Waals surface area contributed by atoms with Crippen LogP contribution in [0.1, 0.15) is 17.0 Å². The number of rotatable bonds is 3. The van der Waals surface area contributed by atoms with E-state index in [0.29, 0.717) is 23.7 Å². The van der Waals surface area contributed by atoms with Gasteiger partial charge in [0.15, 0.2) is 5.76 Å². The van der Waals surface area contributed by atoms with Gasteiger partial charge in [-0.2, -0.15) is 0 Å². The highest BCUT2D eigenvalue weighted by atomic mass is 16.5. The van der Waals surface area contributed by atoms with Crippen molar-refractivity contribution >= 4 is 11.7 Å². The number of hydrogen-bond acceptors (Lipinski definition) is 4. The average Bonchev–Trinajstić information content (AvgIpc) is 2.69. The molecule has 0 spiro atoms. The number of nitrogens with zero attached hydrogens (tertiary/aromatic N) is 2. The maximum Gasteiger partial charge on any atom is 0.319 e. The minimum atomic E-state index is -0.298. The molecule has 0 aromatic carbocycles. The van der Waals surface area contributed by atoms with Crippen molar-refractivity contribution < 1.29 is 9.32 Å². The van der Waals surface area contributed by atoms with Crippen molar-refractivity contribution in [3.63, 3.8) is 0 Å². The number of aromatic nitrogens is 2. The van der Waals surface area contributed by atoms with Crippen molar-refractivity contribution in [3.05, 3.63) is 41.5 Å². The van der Waals surface area contributed by atoms with E-state index in [0.717, 1.165) is 5.56 Å². The maximum atomic E-state index is 11.7. The summed E-state index contributed by atoms with van der Waals surface area (Å²) < 4.78 is 4.96. The zero-order chi connectivity index (χ0) is 13.0. The van der Waals surface area contributed by atoms with Gasteiger partial charge < -0.3 is 15.2 Å². The lowest BCUT2D eigenvalue weighted by molar-refractivity contribution is 0.251. The fourth-order valence-corrected chi connectivity index (χ4v) is 1.50. The topological polar surface area (TPSA) is 80.0 Å². The van der Waals surface area contributed by atoms with Gasteiger partial charge in [0.2, 0.25) is 0 Å². The van der Waals surface area contributed by atoms with Gasteiger partial charge in [-0.1, -0.05) is 11.2 Å². The molecule has 2 rings (SSSR count). The van der Waals surface area contributed by atoms with Crippen molar-refractivity contribution in [1.29, 1.82) is 0 Å². The molecule has 0 unspecified atom stereocenters. The Kier molecular flexibility index (Phi) is 3.57. The number of pyridine rings is 1. The average molecular weight is 246 g/mol. The molecule has 2 N–H and O–H groups in total. The zero-order valence-electron chi connectivity index (χ0n) is 10.2. The van der Waals surface area contributed by atoms with Crippen LogP contribution >= 0.6 is 0 Å². The molecule has 2 aromatic rings. The first-order chi connectivity index (χ1) is 8.66. The second-order valence-electron chi connectivity index (χ2n) is 3.87. The van der Waals surface area contributed by atoms with Gasteiger partial charge in [-0.3, -0.25) is 4.98 Å². The van der Waals surface area contributed by atoms with Gasteiger partial charge in [0, 0.05) is 18.9 Å². The SMILES string of the molecule is Cc1noc(C)c1NC(=O)NCc1cccnc1. The highest BCUT2D eigenvalue weighted by Gasteiger charge is 2.11. The second kappa shape index (κ2) is 5.31. The largest absolute Gasteiger partial charge is 0.359 e. The number of aryl methyl sites for hydroxylation is 2. The Labute approximate surface area is 104 Å². The summed E-state index contributed by atoms with van der Waals surface area (Å²) in [6.07, 6.45) is 3.39. The Balaban J connectivity index is 1.90. The number of anilines is 1. The lowest BCUT2D eigenvalue weighted by Gasteiger charge is -2.06. The molecule has 2 heterocycles. The summed E-state index contributed by atoms with van der Waals surface area (Å²) in [5.41, 5.74) is 2.20. The Hall–Kier alpha value is -2.37. The van der Waals surface area contributed by atoms with Crippen LogP contribution in [0.5, 0.6) is 0 Å². The Morgan fingerprint density at radius 3 is 2.89 bits per heavy atom. The fraction of sp³-hybridized carbons (Fsp3) is 0.250. The van der Waals surface area contributed by atoms with Crippen LogP contribution in [-0.4, -0.2) is 16.2 Å². The molecule has 0 aliphatic heterocycles. The molecule has 2 aromatic heterocycles. The summed E-state index contributed by atoms with van der Waals surface area (Å²) in [5.74, 6) is 0.587. The predicted molar refractivity (Wildman–Crippen MR) is 66.1 cm³/mol. The van der Waals surface area contributed by atoms with E-state index in [1.54, 1.807) is 26.2 Å². The van der Waals surface area contributed by atoms with Crippen LogP contribution in [0.15, 0.2) is 29.0 Å². The molecular weight excluding hydrogens is 232 g/mol. The summed E-state index contributed by atoms with van der Waals surface area (Å²) in [6, 6.07) is 3.42. The van der Waals surface area contributed by atoms with Gasteiger partial charge >= 0.3 is 6.03 Å². The van der Waals surface area contributed by atoms with E-state index in [9.17, 15) is 4.79 Å². The molecule has 0 radical (unpaired) electrons. The van der Waals surface area contributed by atoms with Crippen LogP contribution < -0.4 is 10.6 Å². The van der Waals surface area contributed by atoms with Gasteiger partial charge in [0.1, 0.15) is 11.4 Å². The van der Waals surface area contributed by atoms with Crippen LogP contribution in [-0.2, 0) is 6.54 Å². The van der Waals surface area contributed by atoms with E-state index >= 15 is 0 Å². The van der Waals surface area contributed by atoms with Gasteiger partial charge in [0.05, 0.1) is 0 Å². The lowest BCUT2D eigenvalue weighted by Crippen LogP contribution is -2.28. The van der Waals surface area contributed by atoms with Gasteiger partial charge in [-0.15, -0.1) is 0 Å². The number of hydrogen-bond donors (Lipinski definition) is 2. The van der Waals surface area contributed by atoms with Crippen molar-refractivity contribution in [1.82, 2.24) is 15.5 Å². The van der Waals surface area contributed by atoms with E-state index in [2.05, 4.69) is 20.8 Å². The summed E-state index contributed by atoms with van der Waals surface area (Å²) in [4.78, 5) is 15.6. The third kappa shape index (κ3) is 2.85. The summed E-state index contributed by atoms with van der Waals surface area (Å²) >= 11 is 0. The Morgan fingerprint density at radius 2 is 2.28 bits per heavy atom. The first kappa shape index (κ1) is 12.1. The minimum Gasteiger partial charge on any atom is -0.359 e. The third-order valence-corrected chi connectivity index (χ3v) is 2.45. The molecule has 0 aliphatic rings. The van der Waals surface area contributed by atoms with Gasteiger partial charge in [-0.25, -0.2) is 4.79 Å².